The molecule has 0 aliphatic carbocycles. The van der Waals surface area contributed by atoms with Crippen molar-refractivity contribution in [3.8, 4) is 11.5 Å². The highest BCUT2D eigenvalue weighted by atomic mass is 16.5. The monoisotopic (exact) mass is 224 g/mol. The molecular weight excluding hydrogens is 204 g/mol. The Labute approximate surface area is 96.2 Å². The SMILES string of the molecule is CCOc1cccc([C@H](N)CCCN)c1O. The number of phenols is 1. The van der Waals surface area contributed by atoms with Crippen LogP contribution in [0, 0.1) is 0 Å². The molecule has 0 heterocycles. The predicted octanol–water partition coefficient (Wildman–Crippen LogP) is 1.53. The number of rotatable bonds is 6. The largest absolute Gasteiger partial charge is 0.504 e. The molecule has 4 nitrogen and oxygen atoms in total. The van der Waals surface area contributed by atoms with E-state index in [0.29, 0.717) is 18.9 Å². The van der Waals surface area contributed by atoms with Gasteiger partial charge >= 0.3 is 0 Å². The topological polar surface area (TPSA) is 81.5 Å². The van der Waals surface area contributed by atoms with E-state index in [4.69, 9.17) is 16.2 Å². The molecule has 0 aromatic heterocycles. The normalized spacial score (nSPS) is 12.4. The van der Waals surface area contributed by atoms with Gasteiger partial charge in [-0.15, -0.1) is 0 Å². The summed E-state index contributed by atoms with van der Waals surface area (Å²) in [6.07, 6.45) is 1.61. The van der Waals surface area contributed by atoms with Crippen molar-refractivity contribution in [2.45, 2.75) is 25.8 Å². The summed E-state index contributed by atoms with van der Waals surface area (Å²) < 4.78 is 5.30. The summed E-state index contributed by atoms with van der Waals surface area (Å²) in [5.41, 5.74) is 12.1. The zero-order valence-electron chi connectivity index (χ0n) is 9.65. The van der Waals surface area contributed by atoms with Crippen LogP contribution in [0.2, 0.25) is 0 Å². The van der Waals surface area contributed by atoms with E-state index in [9.17, 15) is 5.11 Å². The van der Waals surface area contributed by atoms with Crippen molar-refractivity contribution in [2.24, 2.45) is 11.5 Å². The van der Waals surface area contributed by atoms with Crippen molar-refractivity contribution in [1.29, 1.82) is 0 Å². The van der Waals surface area contributed by atoms with Crippen molar-refractivity contribution in [2.75, 3.05) is 13.2 Å². The fourth-order valence-corrected chi connectivity index (χ4v) is 1.60. The van der Waals surface area contributed by atoms with Gasteiger partial charge in [-0.25, -0.2) is 0 Å². The number of benzene rings is 1. The van der Waals surface area contributed by atoms with Gasteiger partial charge in [-0.05, 0) is 32.4 Å². The number of phenolic OH excluding ortho intramolecular Hbond substituents is 1. The quantitative estimate of drug-likeness (QED) is 0.684. The fourth-order valence-electron chi connectivity index (χ4n) is 1.60. The maximum Gasteiger partial charge on any atom is 0.162 e. The molecule has 0 spiro atoms. The van der Waals surface area contributed by atoms with Gasteiger partial charge in [-0.1, -0.05) is 12.1 Å². The Bertz CT molecular complexity index is 329. The Morgan fingerprint density at radius 1 is 1.44 bits per heavy atom. The van der Waals surface area contributed by atoms with Crippen LogP contribution in [0.1, 0.15) is 31.4 Å². The molecule has 1 atom stereocenters. The maximum atomic E-state index is 9.95. The molecule has 1 aromatic rings. The van der Waals surface area contributed by atoms with Gasteiger partial charge in [0.15, 0.2) is 11.5 Å². The molecule has 5 N–H and O–H groups in total. The van der Waals surface area contributed by atoms with Gasteiger partial charge in [0.1, 0.15) is 0 Å². The predicted molar refractivity (Wildman–Crippen MR) is 64.5 cm³/mol. The van der Waals surface area contributed by atoms with Crippen LogP contribution in [0.15, 0.2) is 18.2 Å². The third kappa shape index (κ3) is 3.12. The van der Waals surface area contributed by atoms with Crippen LogP contribution in [0.5, 0.6) is 11.5 Å². The molecule has 0 unspecified atom stereocenters. The van der Waals surface area contributed by atoms with Gasteiger partial charge in [0.25, 0.3) is 0 Å². The van der Waals surface area contributed by atoms with E-state index in [2.05, 4.69) is 0 Å². The number of nitrogens with two attached hydrogens (primary N) is 2. The molecule has 0 saturated carbocycles. The summed E-state index contributed by atoms with van der Waals surface area (Å²) in [5.74, 6) is 0.636. The van der Waals surface area contributed by atoms with Crippen molar-refractivity contribution in [1.82, 2.24) is 0 Å². The molecule has 0 bridgehead atoms. The number of para-hydroxylation sites is 1. The highest BCUT2D eigenvalue weighted by Crippen LogP contribution is 2.34. The molecule has 0 amide bonds. The first kappa shape index (κ1) is 12.8. The second kappa shape index (κ2) is 6.35. The van der Waals surface area contributed by atoms with Crippen LogP contribution >= 0.6 is 0 Å². The average molecular weight is 224 g/mol. The van der Waals surface area contributed by atoms with Gasteiger partial charge in [-0.2, -0.15) is 0 Å². The average Bonchev–Trinajstić information content (AvgIpc) is 2.29. The standard InChI is InChI=1S/C12H20N2O2/c1-2-16-11-7-3-5-9(12(11)15)10(14)6-4-8-13/h3,5,7,10,15H,2,4,6,8,13-14H2,1H3/t10-/m1/s1. The summed E-state index contributed by atoms with van der Waals surface area (Å²) in [6, 6.07) is 5.20. The van der Waals surface area contributed by atoms with E-state index in [0.717, 1.165) is 18.4 Å². The Hall–Kier alpha value is -1.26. The van der Waals surface area contributed by atoms with Gasteiger partial charge in [-0.3, -0.25) is 0 Å². The summed E-state index contributed by atoms with van der Waals surface area (Å²) in [5, 5.41) is 9.95. The van der Waals surface area contributed by atoms with Gasteiger partial charge in [0.2, 0.25) is 0 Å². The van der Waals surface area contributed by atoms with E-state index in [1.807, 2.05) is 19.1 Å². The fraction of sp³-hybridized carbons (Fsp3) is 0.500. The first-order chi connectivity index (χ1) is 7.70. The van der Waals surface area contributed by atoms with Crippen molar-refractivity contribution >= 4 is 0 Å². The summed E-state index contributed by atoms with van der Waals surface area (Å²) in [4.78, 5) is 0. The van der Waals surface area contributed by atoms with E-state index in [-0.39, 0.29) is 11.8 Å². The minimum atomic E-state index is -0.191. The smallest absolute Gasteiger partial charge is 0.162 e. The molecule has 4 heteroatoms. The maximum absolute atomic E-state index is 9.95. The molecule has 0 aliphatic rings. The second-order valence-electron chi connectivity index (χ2n) is 3.66. The highest BCUT2D eigenvalue weighted by Gasteiger charge is 2.13. The third-order valence-corrected chi connectivity index (χ3v) is 2.45. The van der Waals surface area contributed by atoms with Crippen LogP contribution in [0.4, 0.5) is 0 Å². The van der Waals surface area contributed by atoms with Crippen LogP contribution in [0.25, 0.3) is 0 Å². The molecular formula is C12H20N2O2. The Kier molecular flexibility index (Phi) is 5.08. The minimum absolute atomic E-state index is 0.147. The molecule has 1 aromatic carbocycles. The number of aromatic hydroxyl groups is 1. The van der Waals surface area contributed by atoms with E-state index in [1.54, 1.807) is 6.07 Å². The first-order valence-corrected chi connectivity index (χ1v) is 5.61. The molecule has 16 heavy (non-hydrogen) atoms. The van der Waals surface area contributed by atoms with Crippen molar-refractivity contribution in [3.05, 3.63) is 23.8 Å². The molecule has 0 aliphatic heterocycles. The zero-order chi connectivity index (χ0) is 12.0. The number of hydrogen-bond acceptors (Lipinski definition) is 4. The van der Waals surface area contributed by atoms with Gasteiger partial charge in [0, 0.05) is 11.6 Å². The van der Waals surface area contributed by atoms with E-state index >= 15 is 0 Å². The molecule has 1 rings (SSSR count). The number of hydrogen-bond donors (Lipinski definition) is 3. The van der Waals surface area contributed by atoms with E-state index < -0.39 is 0 Å². The van der Waals surface area contributed by atoms with Crippen molar-refractivity contribution in [3.63, 3.8) is 0 Å². The van der Waals surface area contributed by atoms with Crippen LogP contribution < -0.4 is 16.2 Å². The molecule has 0 fully saturated rings. The van der Waals surface area contributed by atoms with Crippen molar-refractivity contribution < 1.29 is 9.84 Å². The van der Waals surface area contributed by atoms with Gasteiger partial charge in [0.05, 0.1) is 6.61 Å². The van der Waals surface area contributed by atoms with Crippen LogP contribution in [-0.2, 0) is 0 Å². The summed E-state index contributed by atoms with van der Waals surface area (Å²) in [6.45, 7) is 3.01. The summed E-state index contributed by atoms with van der Waals surface area (Å²) >= 11 is 0. The van der Waals surface area contributed by atoms with Gasteiger partial charge < -0.3 is 21.3 Å². The zero-order valence-corrected chi connectivity index (χ0v) is 9.65. The lowest BCUT2D eigenvalue weighted by Crippen LogP contribution is -2.13. The minimum Gasteiger partial charge on any atom is -0.504 e. The Morgan fingerprint density at radius 2 is 2.19 bits per heavy atom. The lowest BCUT2D eigenvalue weighted by Gasteiger charge is -2.15. The lowest BCUT2D eigenvalue weighted by atomic mass is 10.0. The highest BCUT2D eigenvalue weighted by molar-refractivity contribution is 5.46. The Morgan fingerprint density at radius 3 is 2.81 bits per heavy atom. The van der Waals surface area contributed by atoms with E-state index in [1.165, 1.54) is 0 Å². The Balaban J connectivity index is 2.82. The molecule has 90 valence electrons. The number of ether oxygens (including phenoxy) is 1. The molecule has 0 radical (unpaired) electrons. The third-order valence-electron chi connectivity index (χ3n) is 2.45. The second-order valence-corrected chi connectivity index (χ2v) is 3.66. The molecule has 0 saturated heterocycles. The van der Waals surface area contributed by atoms with Crippen LogP contribution in [0.3, 0.4) is 0 Å². The first-order valence-electron chi connectivity index (χ1n) is 5.61. The van der Waals surface area contributed by atoms with Crippen LogP contribution in [-0.4, -0.2) is 18.3 Å². The lowest BCUT2D eigenvalue weighted by molar-refractivity contribution is 0.315. The summed E-state index contributed by atoms with van der Waals surface area (Å²) in [7, 11) is 0.